The molecule has 0 aromatic heterocycles. The van der Waals surface area contributed by atoms with E-state index in [-0.39, 0.29) is 11.8 Å². The number of hydrogen-bond donors (Lipinski definition) is 3. The molecule has 0 atom stereocenters. The maximum Gasteiger partial charge on any atom is 0.227 e. The molecule has 4 N–H and O–H groups in total. The van der Waals surface area contributed by atoms with E-state index in [0.29, 0.717) is 19.6 Å². The van der Waals surface area contributed by atoms with Crippen molar-refractivity contribution in [2.75, 3.05) is 19.6 Å². The van der Waals surface area contributed by atoms with E-state index in [0.717, 1.165) is 25.7 Å². The topological polar surface area (TPSA) is 84.2 Å². The molecule has 2 amide bonds. The van der Waals surface area contributed by atoms with Gasteiger partial charge in [0.2, 0.25) is 11.8 Å². The Balaban J connectivity index is 4.32. The van der Waals surface area contributed by atoms with Crippen molar-refractivity contribution in [1.29, 1.82) is 0 Å². The molecular weight excluding hydrogens is 230 g/mol. The average Bonchev–Trinajstić information content (AvgIpc) is 2.33. The van der Waals surface area contributed by atoms with Crippen molar-refractivity contribution >= 4 is 11.8 Å². The summed E-state index contributed by atoms with van der Waals surface area (Å²) >= 11 is 0. The third-order valence-corrected chi connectivity index (χ3v) is 3.11. The molecule has 106 valence electrons. The summed E-state index contributed by atoms with van der Waals surface area (Å²) in [5.41, 5.74) is 5.36. The number of carbonyl (C=O) groups is 2. The van der Waals surface area contributed by atoms with Gasteiger partial charge in [0.25, 0.3) is 0 Å². The highest BCUT2D eigenvalue weighted by Gasteiger charge is 2.34. The van der Waals surface area contributed by atoms with E-state index in [4.69, 9.17) is 5.73 Å². The minimum Gasteiger partial charge on any atom is -0.355 e. The zero-order valence-electron chi connectivity index (χ0n) is 11.8. The van der Waals surface area contributed by atoms with Crippen LogP contribution in [0.3, 0.4) is 0 Å². The van der Waals surface area contributed by atoms with Crippen LogP contribution in [-0.4, -0.2) is 31.4 Å². The Bertz CT molecular complexity index is 261. The second kappa shape index (κ2) is 8.91. The summed E-state index contributed by atoms with van der Waals surface area (Å²) in [6, 6.07) is 0. The van der Waals surface area contributed by atoms with E-state index in [1.165, 1.54) is 6.92 Å². The standard InChI is InChI=1S/C13H27N3O2/c1-4-6-13(10-14,7-5-2)12(18)16-9-8-15-11(3)17/h4-10,14H2,1-3H3,(H,15,17)(H,16,18). The van der Waals surface area contributed by atoms with Crippen LogP contribution < -0.4 is 16.4 Å². The summed E-state index contributed by atoms with van der Waals surface area (Å²) in [6.45, 7) is 6.86. The smallest absolute Gasteiger partial charge is 0.227 e. The van der Waals surface area contributed by atoms with Gasteiger partial charge in [-0.2, -0.15) is 0 Å². The number of carbonyl (C=O) groups excluding carboxylic acids is 2. The number of amides is 2. The third kappa shape index (κ3) is 5.49. The van der Waals surface area contributed by atoms with E-state index in [2.05, 4.69) is 24.5 Å². The number of hydrogen-bond acceptors (Lipinski definition) is 3. The van der Waals surface area contributed by atoms with E-state index >= 15 is 0 Å². The number of nitrogens with two attached hydrogens (primary N) is 1. The molecule has 0 aromatic rings. The summed E-state index contributed by atoms with van der Waals surface area (Å²) < 4.78 is 0. The molecule has 0 radical (unpaired) electrons. The second-order valence-electron chi connectivity index (χ2n) is 4.72. The Morgan fingerprint density at radius 1 is 1.06 bits per heavy atom. The summed E-state index contributed by atoms with van der Waals surface area (Å²) in [5, 5.41) is 5.52. The van der Waals surface area contributed by atoms with Crippen LogP contribution in [0.2, 0.25) is 0 Å². The van der Waals surface area contributed by atoms with E-state index in [1.807, 2.05) is 0 Å². The van der Waals surface area contributed by atoms with Crippen molar-refractivity contribution in [2.24, 2.45) is 11.1 Å². The lowest BCUT2D eigenvalue weighted by molar-refractivity contribution is -0.131. The first kappa shape index (κ1) is 16.9. The van der Waals surface area contributed by atoms with Crippen LogP contribution in [0.4, 0.5) is 0 Å². The van der Waals surface area contributed by atoms with Crippen LogP contribution in [0.1, 0.15) is 46.5 Å². The fourth-order valence-electron chi connectivity index (χ4n) is 2.21. The predicted octanol–water partition coefficient (Wildman–Crippen LogP) is 0.784. The molecule has 0 unspecified atom stereocenters. The van der Waals surface area contributed by atoms with Crippen LogP contribution in [0.5, 0.6) is 0 Å². The first-order valence-electron chi connectivity index (χ1n) is 6.75. The van der Waals surface area contributed by atoms with Crippen molar-refractivity contribution in [3.05, 3.63) is 0 Å². The lowest BCUT2D eigenvalue weighted by atomic mass is 9.78. The maximum absolute atomic E-state index is 12.2. The highest BCUT2D eigenvalue weighted by Crippen LogP contribution is 2.28. The molecule has 0 saturated heterocycles. The molecule has 0 aliphatic rings. The quantitative estimate of drug-likeness (QED) is 0.534. The summed E-state index contributed by atoms with van der Waals surface area (Å²) in [6.07, 6.45) is 3.50. The van der Waals surface area contributed by atoms with Crippen molar-refractivity contribution in [1.82, 2.24) is 10.6 Å². The molecule has 0 saturated carbocycles. The SMILES string of the molecule is CCCC(CN)(CCC)C(=O)NCCNC(C)=O. The molecule has 0 aliphatic carbocycles. The van der Waals surface area contributed by atoms with Gasteiger partial charge in [0.05, 0.1) is 5.41 Å². The molecule has 0 heterocycles. The minimum absolute atomic E-state index is 0.0130. The number of nitrogens with one attached hydrogen (secondary N) is 2. The van der Waals surface area contributed by atoms with Gasteiger partial charge in [0, 0.05) is 26.6 Å². The van der Waals surface area contributed by atoms with E-state index < -0.39 is 5.41 Å². The maximum atomic E-state index is 12.2. The molecule has 5 nitrogen and oxygen atoms in total. The Morgan fingerprint density at radius 2 is 1.56 bits per heavy atom. The highest BCUT2D eigenvalue weighted by molar-refractivity contribution is 5.83. The fourth-order valence-corrected chi connectivity index (χ4v) is 2.21. The highest BCUT2D eigenvalue weighted by atomic mass is 16.2. The molecular formula is C13H27N3O2. The van der Waals surface area contributed by atoms with Gasteiger partial charge in [-0.25, -0.2) is 0 Å². The van der Waals surface area contributed by atoms with E-state index in [9.17, 15) is 9.59 Å². The summed E-state index contributed by atoms with van der Waals surface area (Å²) in [5.74, 6) is -0.0736. The first-order valence-corrected chi connectivity index (χ1v) is 6.75. The normalized spacial score (nSPS) is 11.1. The lowest BCUT2D eigenvalue weighted by Gasteiger charge is -2.30. The van der Waals surface area contributed by atoms with Crippen molar-refractivity contribution in [2.45, 2.75) is 46.5 Å². The van der Waals surface area contributed by atoms with Gasteiger partial charge in [-0.15, -0.1) is 0 Å². The van der Waals surface area contributed by atoms with Crippen LogP contribution in [0.15, 0.2) is 0 Å². The van der Waals surface area contributed by atoms with Crippen LogP contribution in [-0.2, 0) is 9.59 Å². The average molecular weight is 257 g/mol. The molecule has 0 fully saturated rings. The van der Waals surface area contributed by atoms with Crippen LogP contribution in [0, 0.1) is 5.41 Å². The molecule has 0 aliphatic heterocycles. The van der Waals surface area contributed by atoms with Crippen molar-refractivity contribution in [3.8, 4) is 0 Å². The van der Waals surface area contributed by atoms with Gasteiger partial charge in [0.15, 0.2) is 0 Å². The Kier molecular flexibility index (Phi) is 8.37. The van der Waals surface area contributed by atoms with Crippen molar-refractivity contribution in [3.63, 3.8) is 0 Å². The van der Waals surface area contributed by atoms with Gasteiger partial charge in [-0.05, 0) is 12.8 Å². The van der Waals surface area contributed by atoms with Gasteiger partial charge >= 0.3 is 0 Å². The van der Waals surface area contributed by atoms with Gasteiger partial charge < -0.3 is 16.4 Å². The zero-order valence-corrected chi connectivity index (χ0v) is 11.8. The Hall–Kier alpha value is -1.10. The molecule has 0 rings (SSSR count). The summed E-state index contributed by atoms with van der Waals surface area (Å²) in [4.78, 5) is 22.9. The Morgan fingerprint density at radius 3 is 1.94 bits per heavy atom. The minimum atomic E-state index is -0.445. The molecule has 5 heteroatoms. The van der Waals surface area contributed by atoms with Gasteiger partial charge in [-0.3, -0.25) is 9.59 Å². The second-order valence-corrected chi connectivity index (χ2v) is 4.72. The monoisotopic (exact) mass is 257 g/mol. The summed E-state index contributed by atoms with van der Waals surface area (Å²) in [7, 11) is 0. The number of rotatable bonds is 9. The fraction of sp³-hybridized carbons (Fsp3) is 0.846. The van der Waals surface area contributed by atoms with Crippen molar-refractivity contribution < 1.29 is 9.59 Å². The van der Waals surface area contributed by atoms with Crippen LogP contribution in [0.25, 0.3) is 0 Å². The zero-order chi connectivity index (χ0) is 14.0. The van der Waals surface area contributed by atoms with E-state index in [1.54, 1.807) is 0 Å². The third-order valence-electron chi connectivity index (χ3n) is 3.11. The Labute approximate surface area is 110 Å². The van der Waals surface area contributed by atoms with Gasteiger partial charge in [-0.1, -0.05) is 26.7 Å². The van der Waals surface area contributed by atoms with Crippen LogP contribution >= 0.6 is 0 Å². The largest absolute Gasteiger partial charge is 0.355 e. The lowest BCUT2D eigenvalue weighted by Crippen LogP contribution is -2.47. The molecule has 0 aromatic carbocycles. The molecule has 18 heavy (non-hydrogen) atoms. The van der Waals surface area contributed by atoms with Gasteiger partial charge in [0.1, 0.15) is 0 Å². The predicted molar refractivity (Wildman–Crippen MR) is 73.0 cm³/mol. The molecule has 0 spiro atoms. The first-order chi connectivity index (χ1) is 8.52. The molecule has 0 bridgehead atoms.